The van der Waals surface area contributed by atoms with Crippen LogP contribution in [0.3, 0.4) is 0 Å². The fourth-order valence-electron chi connectivity index (χ4n) is 2.38. The summed E-state index contributed by atoms with van der Waals surface area (Å²) in [6, 6.07) is 4.36. The maximum absolute atomic E-state index is 12.3. The Morgan fingerprint density at radius 2 is 2.04 bits per heavy atom. The van der Waals surface area contributed by atoms with E-state index >= 15 is 0 Å². The Labute approximate surface area is 139 Å². The van der Waals surface area contributed by atoms with E-state index in [2.05, 4.69) is 9.89 Å². The van der Waals surface area contributed by atoms with Crippen molar-refractivity contribution in [2.45, 2.75) is 25.9 Å². The van der Waals surface area contributed by atoms with E-state index in [0.717, 1.165) is 32.4 Å². The number of carbonyl (C=O) groups excluding carboxylic acids is 1. The third-order valence-electron chi connectivity index (χ3n) is 3.58. The van der Waals surface area contributed by atoms with Crippen molar-refractivity contribution < 1.29 is 27.9 Å². The van der Waals surface area contributed by atoms with E-state index in [1.54, 1.807) is 4.90 Å². The van der Waals surface area contributed by atoms with Crippen LogP contribution in [0.1, 0.15) is 24.8 Å². The van der Waals surface area contributed by atoms with E-state index in [-0.39, 0.29) is 24.0 Å². The molecule has 0 spiro atoms. The number of amides is 1. The van der Waals surface area contributed by atoms with Crippen LogP contribution in [0.4, 0.5) is 8.78 Å². The molecule has 0 atom stereocenters. The Hall–Kier alpha value is -2.38. The third-order valence-corrected chi connectivity index (χ3v) is 3.58. The van der Waals surface area contributed by atoms with Gasteiger partial charge in [-0.05, 0) is 37.5 Å². The van der Waals surface area contributed by atoms with Crippen LogP contribution in [-0.2, 0) is 9.63 Å². The molecule has 0 bridgehead atoms. The Morgan fingerprint density at radius 3 is 2.71 bits per heavy atom. The largest absolute Gasteiger partial charge is 0.493 e. The summed E-state index contributed by atoms with van der Waals surface area (Å²) in [4.78, 5) is 18.6. The fraction of sp³-hybridized carbons (Fsp3) is 0.500. The van der Waals surface area contributed by atoms with Crippen molar-refractivity contribution >= 4 is 12.1 Å². The SMILES string of the molecule is COc1cc(/C=N/OCC(=O)N2CCCCC2)ccc1OC(F)F. The lowest BCUT2D eigenvalue weighted by Crippen LogP contribution is -2.37. The van der Waals surface area contributed by atoms with Gasteiger partial charge in [0, 0.05) is 18.7 Å². The van der Waals surface area contributed by atoms with E-state index in [1.165, 1.54) is 31.5 Å². The molecule has 1 fully saturated rings. The fourth-order valence-corrected chi connectivity index (χ4v) is 2.38. The number of benzene rings is 1. The molecule has 24 heavy (non-hydrogen) atoms. The zero-order chi connectivity index (χ0) is 17.4. The molecule has 6 nitrogen and oxygen atoms in total. The molecule has 0 radical (unpaired) electrons. The number of carbonyl (C=O) groups is 1. The van der Waals surface area contributed by atoms with Gasteiger partial charge >= 0.3 is 6.61 Å². The molecule has 1 aliphatic heterocycles. The second kappa shape index (κ2) is 9.05. The lowest BCUT2D eigenvalue weighted by molar-refractivity contribution is -0.136. The van der Waals surface area contributed by atoms with Crippen molar-refractivity contribution in [1.29, 1.82) is 0 Å². The summed E-state index contributed by atoms with van der Waals surface area (Å²) in [6.45, 7) is -1.54. The van der Waals surface area contributed by atoms with Gasteiger partial charge < -0.3 is 19.2 Å². The number of nitrogens with zero attached hydrogens (tertiary/aromatic N) is 2. The lowest BCUT2D eigenvalue weighted by Gasteiger charge is -2.25. The number of halogens is 2. The molecule has 0 aliphatic carbocycles. The number of methoxy groups -OCH3 is 1. The normalized spacial score (nSPS) is 14.9. The van der Waals surface area contributed by atoms with Crippen molar-refractivity contribution in [3.05, 3.63) is 23.8 Å². The summed E-state index contributed by atoms with van der Waals surface area (Å²) in [5.41, 5.74) is 0.568. The Morgan fingerprint density at radius 1 is 1.29 bits per heavy atom. The minimum absolute atomic E-state index is 0.0640. The van der Waals surface area contributed by atoms with Gasteiger partial charge in [0.2, 0.25) is 0 Å². The first-order chi connectivity index (χ1) is 11.6. The number of rotatable bonds is 7. The van der Waals surface area contributed by atoms with Crippen molar-refractivity contribution in [2.24, 2.45) is 5.16 Å². The maximum atomic E-state index is 12.3. The van der Waals surface area contributed by atoms with Crippen molar-refractivity contribution in [2.75, 3.05) is 26.8 Å². The molecular formula is C16H20F2N2O4. The number of ether oxygens (including phenoxy) is 2. The molecular weight excluding hydrogens is 322 g/mol. The van der Waals surface area contributed by atoms with Gasteiger partial charge in [-0.3, -0.25) is 4.79 Å². The molecule has 0 unspecified atom stereocenters. The second-order valence-electron chi connectivity index (χ2n) is 5.24. The van der Waals surface area contributed by atoms with Gasteiger partial charge in [0.25, 0.3) is 5.91 Å². The van der Waals surface area contributed by atoms with E-state index < -0.39 is 6.61 Å². The number of piperidine rings is 1. The topological polar surface area (TPSA) is 60.4 Å². The summed E-state index contributed by atoms with van der Waals surface area (Å²) >= 11 is 0. The quantitative estimate of drug-likeness (QED) is 0.565. The van der Waals surface area contributed by atoms with E-state index in [0.29, 0.717) is 5.56 Å². The number of oxime groups is 1. The molecule has 1 aromatic carbocycles. The summed E-state index contributed by atoms with van der Waals surface area (Å²) < 4.78 is 33.8. The smallest absolute Gasteiger partial charge is 0.387 e. The molecule has 1 aliphatic rings. The number of alkyl halides is 2. The molecule has 2 rings (SSSR count). The summed E-state index contributed by atoms with van der Waals surface area (Å²) in [5.74, 6) is -0.000371. The molecule has 8 heteroatoms. The molecule has 0 saturated carbocycles. The predicted molar refractivity (Wildman–Crippen MR) is 83.6 cm³/mol. The van der Waals surface area contributed by atoms with Crippen LogP contribution < -0.4 is 9.47 Å². The second-order valence-corrected chi connectivity index (χ2v) is 5.24. The van der Waals surface area contributed by atoms with Crippen LogP contribution in [0, 0.1) is 0 Å². The highest BCUT2D eigenvalue weighted by molar-refractivity contribution is 5.81. The molecule has 0 N–H and O–H groups in total. The van der Waals surface area contributed by atoms with Gasteiger partial charge in [0.05, 0.1) is 13.3 Å². The Kier molecular flexibility index (Phi) is 6.77. The molecule has 132 valence electrons. The first kappa shape index (κ1) is 18.0. The summed E-state index contributed by atoms with van der Waals surface area (Å²) in [6.07, 6.45) is 4.55. The molecule has 1 amide bonds. The van der Waals surface area contributed by atoms with Gasteiger partial charge in [-0.2, -0.15) is 8.78 Å². The maximum Gasteiger partial charge on any atom is 0.387 e. The van der Waals surface area contributed by atoms with Crippen molar-refractivity contribution in [1.82, 2.24) is 4.90 Å². The average molecular weight is 342 g/mol. The van der Waals surface area contributed by atoms with E-state index in [9.17, 15) is 13.6 Å². The highest BCUT2D eigenvalue weighted by atomic mass is 19.3. The van der Waals surface area contributed by atoms with Crippen LogP contribution in [0.15, 0.2) is 23.4 Å². The molecule has 0 aromatic heterocycles. The van der Waals surface area contributed by atoms with E-state index in [1.807, 2.05) is 0 Å². The zero-order valence-corrected chi connectivity index (χ0v) is 13.4. The number of hydrogen-bond acceptors (Lipinski definition) is 5. The monoisotopic (exact) mass is 342 g/mol. The predicted octanol–water partition coefficient (Wildman–Crippen LogP) is 2.66. The van der Waals surface area contributed by atoms with Gasteiger partial charge in [-0.25, -0.2) is 0 Å². The summed E-state index contributed by atoms with van der Waals surface area (Å²) in [7, 11) is 1.35. The minimum atomic E-state index is -2.93. The van der Waals surface area contributed by atoms with Crippen LogP contribution in [-0.4, -0.2) is 50.4 Å². The summed E-state index contributed by atoms with van der Waals surface area (Å²) in [5, 5.41) is 3.73. The number of hydrogen-bond donors (Lipinski definition) is 0. The minimum Gasteiger partial charge on any atom is -0.493 e. The highest BCUT2D eigenvalue weighted by Gasteiger charge is 2.16. The van der Waals surface area contributed by atoms with E-state index in [4.69, 9.17) is 9.57 Å². The van der Waals surface area contributed by atoms with Crippen LogP contribution in [0.2, 0.25) is 0 Å². The molecule has 1 heterocycles. The van der Waals surface area contributed by atoms with Crippen LogP contribution >= 0.6 is 0 Å². The third kappa shape index (κ3) is 5.36. The van der Waals surface area contributed by atoms with Gasteiger partial charge in [-0.15, -0.1) is 0 Å². The molecule has 1 saturated heterocycles. The lowest BCUT2D eigenvalue weighted by atomic mass is 10.1. The Bertz CT molecular complexity index is 575. The Balaban J connectivity index is 1.86. The average Bonchev–Trinajstić information content (AvgIpc) is 2.59. The van der Waals surface area contributed by atoms with Gasteiger partial charge in [0.1, 0.15) is 0 Å². The van der Waals surface area contributed by atoms with Crippen molar-refractivity contribution in [3.63, 3.8) is 0 Å². The van der Waals surface area contributed by atoms with Gasteiger partial charge in [-0.1, -0.05) is 5.16 Å². The van der Waals surface area contributed by atoms with Crippen molar-refractivity contribution in [3.8, 4) is 11.5 Å². The molecule has 1 aromatic rings. The van der Waals surface area contributed by atoms with Crippen LogP contribution in [0.25, 0.3) is 0 Å². The first-order valence-corrected chi connectivity index (χ1v) is 7.66. The van der Waals surface area contributed by atoms with Crippen LogP contribution in [0.5, 0.6) is 11.5 Å². The number of likely N-dealkylation sites (tertiary alicyclic amines) is 1. The highest BCUT2D eigenvalue weighted by Crippen LogP contribution is 2.28. The first-order valence-electron chi connectivity index (χ1n) is 7.66. The standard InChI is InChI=1S/C16H20F2N2O4/c1-22-14-9-12(5-6-13(14)24-16(17)18)10-19-23-11-15(21)20-7-3-2-4-8-20/h5-6,9-10,16H,2-4,7-8,11H2,1H3/b19-10+. The van der Waals surface area contributed by atoms with Gasteiger partial charge in [0.15, 0.2) is 18.1 Å². The zero-order valence-electron chi connectivity index (χ0n) is 13.4.